The molecule has 1 aromatic heterocycles. The van der Waals surface area contributed by atoms with Gasteiger partial charge in [-0.15, -0.1) is 0 Å². The number of carbonyl (C=O) groups is 1. The summed E-state index contributed by atoms with van der Waals surface area (Å²) >= 11 is 0. The highest BCUT2D eigenvalue weighted by atomic mass is 16.5. The second-order valence-corrected chi connectivity index (χ2v) is 6.54. The van der Waals surface area contributed by atoms with Gasteiger partial charge in [0.1, 0.15) is 0 Å². The monoisotopic (exact) mass is 364 g/mol. The van der Waals surface area contributed by atoms with Crippen LogP contribution in [-0.2, 0) is 0 Å². The summed E-state index contributed by atoms with van der Waals surface area (Å²) in [7, 11) is 0. The van der Waals surface area contributed by atoms with E-state index in [1.54, 1.807) is 6.07 Å². The molecular formula is C21H20N2O4. The van der Waals surface area contributed by atoms with Crippen LogP contribution in [0.15, 0.2) is 53.3 Å². The number of H-pyrrole nitrogens is 1. The second-order valence-electron chi connectivity index (χ2n) is 6.54. The van der Waals surface area contributed by atoms with Crippen molar-refractivity contribution in [3.63, 3.8) is 0 Å². The SMILES string of the molecule is CC(NC(=O)c1cc(=O)[nH]c2ccccc12)c1ccc2c(c1)OCCCO2. The number of carbonyl (C=O) groups excluding carboxylic acids is 1. The van der Waals surface area contributed by atoms with Gasteiger partial charge in [-0.1, -0.05) is 24.3 Å². The fraction of sp³-hybridized carbons (Fsp3) is 0.238. The van der Waals surface area contributed by atoms with E-state index in [-0.39, 0.29) is 17.5 Å². The number of benzene rings is 2. The lowest BCUT2D eigenvalue weighted by Crippen LogP contribution is -2.28. The molecule has 2 N–H and O–H groups in total. The minimum absolute atomic E-state index is 0.257. The molecule has 0 saturated heterocycles. The molecule has 0 saturated carbocycles. The third-order valence-electron chi connectivity index (χ3n) is 4.61. The number of aromatic nitrogens is 1. The van der Waals surface area contributed by atoms with Crippen LogP contribution in [0.1, 0.15) is 35.3 Å². The molecule has 138 valence electrons. The molecule has 27 heavy (non-hydrogen) atoms. The normalized spacial score (nSPS) is 14.4. The Morgan fingerprint density at radius 1 is 1.07 bits per heavy atom. The average molecular weight is 364 g/mol. The van der Waals surface area contributed by atoms with Crippen LogP contribution in [0.3, 0.4) is 0 Å². The van der Waals surface area contributed by atoms with Crippen molar-refractivity contribution in [2.24, 2.45) is 0 Å². The molecule has 0 fully saturated rings. The summed E-state index contributed by atoms with van der Waals surface area (Å²) in [5, 5.41) is 3.67. The molecule has 4 rings (SSSR count). The van der Waals surface area contributed by atoms with Crippen LogP contribution in [0, 0.1) is 0 Å². The Morgan fingerprint density at radius 2 is 1.85 bits per heavy atom. The van der Waals surface area contributed by atoms with Crippen molar-refractivity contribution in [2.75, 3.05) is 13.2 Å². The topological polar surface area (TPSA) is 80.4 Å². The highest BCUT2D eigenvalue weighted by Gasteiger charge is 2.17. The van der Waals surface area contributed by atoms with Gasteiger partial charge in [0.2, 0.25) is 5.56 Å². The van der Waals surface area contributed by atoms with Gasteiger partial charge in [0.15, 0.2) is 11.5 Å². The molecule has 2 heterocycles. The molecule has 1 unspecified atom stereocenters. The molecule has 1 atom stereocenters. The Labute approximate surface area is 156 Å². The van der Waals surface area contributed by atoms with Crippen molar-refractivity contribution in [2.45, 2.75) is 19.4 Å². The number of pyridine rings is 1. The van der Waals surface area contributed by atoms with Gasteiger partial charge in [-0.05, 0) is 30.7 Å². The Kier molecular flexibility index (Phi) is 4.54. The predicted octanol–water partition coefficient (Wildman–Crippen LogP) is 3.18. The Bertz CT molecular complexity index is 1060. The van der Waals surface area contributed by atoms with E-state index < -0.39 is 0 Å². The third kappa shape index (κ3) is 3.51. The number of amides is 1. The summed E-state index contributed by atoms with van der Waals surface area (Å²) in [5.41, 5.74) is 1.60. The molecule has 0 radical (unpaired) electrons. The number of para-hydroxylation sites is 1. The Balaban J connectivity index is 1.60. The van der Waals surface area contributed by atoms with E-state index in [9.17, 15) is 9.59 Å². The quantitative estimate of drug-likeness (QED) is 0.748. The molecule has 6 heteroatoms. The summed E-state index contributed by atoms with van der Waals surface area (Å²) in [6, 6.07) is 14.0. The van der Waals surface area contributed by atoms with E-state index in [1.807, 2.05) is 43.3 Å². The number of nitrogens with one attached hydrogen (secondary N) is 2. The first-order chi connectivity index (χ1) is 13.1. The third-order valence-corrected chi connectivity index (χ3v) is 4.61. The molecule has 1 amide bonds. The molecule has 2 aromatic carbocycles. The number of fused-ring (bicyclic) bond motifs is 2. The van der Waals surface area contributed by atoms with Crippen LogP contribution in [0.2, 0.25) is 0 Å². The smallest absolute Gasteiger partial charge is 0.252 e. The van der Waals surface area contributed by atoms with E-state index in [0.717, 1.165) is 17.7 Å². The molecule has 3 aromatic rings. The number of ether oxygens (including phenoxy) is 2. The van der Waals surface area contributed by atoms with Crippen molar-refractivity contribution in [3.05, 3.63) is 70.0 Å². The van der Waals surface area contributed by atoms with E-state index >= 15 is 0 Å². The summed E-state index contributed by atoms with van der Waals surface area (Å²) in [6.45, 7) is 3.14. The summed E-state index contributed by atoms with van der Waals surface area (Å²) < 4.78 is 11.4. The highest BCUT2D eigenvalue weighted by molar-refractivity contribution is 6.06. The van der Waals surface area contributed by atoms with Crippen molar-refractivity contribution in [3.8, 4) is 11.5 Å². The summed E-state index contributed by atoms with van der Waals surface area (Å²) in [4.78, 5) is 27.5. The first kappa shape index (κ1) is 17.1. The largest absolute Gasteiger partial charge is 0.490 e. The van der Waals surface area contributed by atoms with E-state index in [1.165, 1.54) is 6.07 Å². The first-order valence-corrected chi connectivity index (χ1v) is 8.94. The highest BCUT2D eigenvalue weighted by Crippen LogP contribution is 2.32. The van der Waals surface area contributed by atoms with Gasteiger partial charge in [-0.25, -0.2) is 0 Å². The van der Waals surface area contributed by atoms with Gasteiger partial charge in [0.05, 0.1) is 24.8 Å². The zero-order chi connectivity index (χ0) is 18.8. The van der Waals surface area contributed by atoms with Crippen molar-refractivity contribution in [1.29, 1.82) is 0 Å². The maximum Gasteiger partial charge on any atom is 0.252 e. The lowest BCUT2D eigenvalue weighted by Gasteiger charge is -2.17. The first-order valence-electron chi connectivity index (χ1n) is 8.94. The van der Waals surface area contributed by atoms with Gasteiger partial charge in [-0.2, -0.15) is 0 Å². The molecule has 1 aliphatic rings. The van der Waals surface area contributed by atoms with Gasteiger partial charge >= 0.3 is 0 Å². The molecule has 1 aliphatic heterocycles. The second kappa shape index (κ2) is 7.15. The van der Waals surface area contributed by atoms with Crippen molar-refractivity contribution in [1.82, 2.24) is 10.3 Å². The summed E-state index contributed by atoms with van der Waals surface area (Å²) in [5.74, 6) is 1.11. The van der Waals surface area contributed by atoms with Crippen LogP contribution in [0.4, 0.5) is 0 Å². The van der Waals surface area contributed by atoms with Crippen LogP contribution in [0.25, 0.3) is 10.9 Å². The fourth-order valence-electron chi connectivity index (χ4n) is 3.20. The number of rotatable bonds is 3. The zero-order valence-corrected chi connectivity index (χ0v) is 15.0. The van der Waals surface area contributed by atoms with Crippen molar-refractivity contribution < 1.29 is 14.3 Å². The molecule has 0 aliphatic carbocycles. The van der Waals surface area contributed by atoms with Gasteiger partial charge < -0.3 is 19.8 Å². The molecule has 0 bridgehead atoms. The van der Waals surface area contributed by atoms with Crippen LogP contribution in [-0.4, -0.2) is 24.1 Å². The maximum absolute atomic E-state index is 12.8. The van der Waals surface area contributed by atoms with Crippen LogP contribution in [0.5, 0.6) is 11.5 Å². The van der Waals surface area contributed by atoms with E-state index in [0.29, 0.717) is 35.4 Å². The van der Waals surface area contributed by atoms with Crippen LogP contribution >= 0.6 is 0 Å². The Hall–Kier alpha value is -3.28. The standard InChI is InChI=1S/C21H20N2O4/c1-13(14-7-8-18-19(11-14)27-10-4-9-26-18)22-21(25)16-12-20(24)23-17-6-3-2-5-15(16)17/h2-3,5-8,11-13H,4,9-10H2,1H3,(H,22,25)(H,23,24). The van der Waals surface area contributed by atoms with Crippen molar-refractivity contribution >= 4 is 16.8 Å². The number of aromatic amines is 1. The maximum atomic E-state index is 12.8. The van der Waals surface area contributed by atoms with Gasteiger partial charge in [0, 0.05) is 23.4 Å². The number of hydrogen-bond acceptors (Lipinski definition) is 4. The number of hydrogen-bond donors (Lipinski definition) is 2. The molecular weight excluding hydrogens is 344 g/mol. The average Bonchev–Trinajstić information content (AvgIpc) is 2.91. The van der Waals surface area contributed by atoms with E-state index in [2.05, 4.69) is 10.3 Å². The molecule has 6 nitrogen and oxygen atoms in total. The van der Waals surface area contributed by atoms with Gasteiger partial charge in [0.25, 0.3) is 5.91 Å². The lowest BCUT2D eigenvalue weighted by molar-refractivity contribution is 0.0941. The predicted molar refractivity (Wildman–Crippen MR) is 102 cm³/mol. The van der Waals surface area contributed by atoms with E-state index in [4.69, 9.17) is 9.47 Å². The zero-order valence-electron chi connectivity index (χ0n) is 15.0. The lowest BCUT2D eigenvalue weighted by atomic mass is 10.1. The minimum Gasteiger partial charge on any atom is -0.490 e. The fourth-order valence-corrected chi connectivity index (χ4v) is 3.20. The van der Waals surface area contributed by atoms with Crippen LogP contribution < -0.4 is 20.3 Å². The van der Waals surface area contributed by atoms with Gasteiger partial charge in [-0.3, -0.25) is 9.59 Å². The summed E-state index contributed by atoms with van der Waals surface area (Å²) in [6.07, 6.45) is 0.839. The minimum atomic E-state index is -0.304. The molecule has 0 spiro atoms. The Morgan fingerprint density at radius 3 is 2.70 bits per heavy atom.